The second-order valence-electron chi connectivity index (χ2n) is 12.0. The van der Waals surface area contributed by atoms with Gasteiger partial charge in [-0.15, -0.1) is 0 Å². The molecule has 0 aromatic heterocycles. The molecule has 0 N–H and O–H groups in total. The molecule has 0 saturated heterocycles. The molecular weight excluding hydrogens is 534 g/mol. The van der Waals surface area contributed by atoms with Crippen molar-refractivity contribution in [3.05, 3.63) is 146 Å². The summed E-state index contributed by atoms with van der Waals surface area (Å²) >= 11 is 0. The van der Waals surface area contributed by atoms with Gasteiger partial charge in [-0.1, -0.05) is 143 Å². The Kier molecular flexibility index (Phi) is 4.92. The van der Waals surface area contributed by atoms with Crippen molar-refractivity contribution < 1.29 is 9.47 Å². The first-order valence-corrected chi connectivity index (χ1v) is 15.3. The molecule has 4 heteroatoms. The minimum atomic E-state index is 0.0467. The fourth-order valence-electron chi connectivity index (χ4n) is 7.85. The first kappa shape index (κ1) is 24.0. The van der Waals surface area contributed by atoms with Crippen molar-refractivity contribution in [2.45, 2.75) is 0 Å². The molecule has 0 amide bonds. The molecule has 0 unspecified atom stereocenters. The fourth-order valence-corrected chi connectivity index (χ4v) is 7.85. The molecule has 10 rings (SSSR count). The molecule has 2 heterocycles. The second kappa shape index (κ2) is 9.02. The maximum atomic E-state index is 6.86. The standard InChI is InChI=1S/C40H24B2O2/c1-3-11-27(12-4-1)41-29-15-7-9-17-33(29)43-35-23-26-20-22-32-40-36(24-25-19-21-31(41)39(35)37(25)38(26)40)44-34-18-10-8-16-30(34)42(32)28-13-5-2-6-14-28/h1-24H. The molecule has 0 bridgehead atoms. The van der Waals surface area contributed by atoms with Crippen LogP contribution in [-0.4, -0.2) is 13.4 Å². The third kappa shape index (κ3) is 3.28. The van der Waals surface area contributed by atoms with Crippen LogP contribution in [0.1, 0.15) is 0 Å². The Morgan fingerprint density at radius 3 is 1.18 bits per heavy atom. The molecule has 202 valence electrons. The lowest BCUT2D eigenvalue weighted by atomic mass is 9.36. The van der Waals surface area contributed by atoms with E-state index < -0.39 is 0 Å². The smallest absolute Gasteiger partial charge is 0.247 e. The zero-order chi connectivity index (χ0) is 28.8. The van der Waals surface area contributed by atoms with Crippen LogP contribution in [0.4, 0.5) is 0 Å². The fraction of sp³-hybridized carbons (Fsp3) is 0. The van der Waals surface area contributed by atoms with Gasteiger partial charge in [0.1, 0.15) is 23.0 Å². The van der Waals surface area contributed by atoms with Gasteiger partial charge in [-0.25, -0.2) is 0 Å². The molecule has 2 nitrogen and oxygen atoms in total. The highest BCUT2D eigenvalue weighted by molar-refractivity contribution is 6.98. The van der Waals surface area contributed by atoms with Crippen LogP contribution in [0.25, 0.3) is 32.3 Å². The van der Waals surface area contributed by atoms with Crippen LogP contribution in [0.15, 0.2) is 146 Å². The van der Waals surface area contributed by atoms with E-state index in [-0.39, 0.29) is 13.4 Å². The maximum absolute atomic E-state index is 6.86. The number of benzene rings is 8. The van der Waals surface area contributed by atoms with Gasteiger partial charge in [0, 0.05) is 21.5 Å². The molecule has 0 saturated carbocycles. The highest BCUT2D eigenvalue weighted by Gasteiger charge is 2.35. The predicted molar refractivity (Wildman–Crippen MR) is 185 cm³/mol. The zero-order valence-corrected chi connectivity index (χ0v) is 23.8. The monoisotopic (exact) mass is 558 g/mol. The van der Waals surface area contributed by atoms with E-state index in [1.165, 1.54) is 54.3 Å². The lowest BCUT2D eigenvalue weighted by molar-refractivity contribution is 0.492. The summed E-state index contributed by atoms with van der Waals surface area (Å²) in [6.07, 6.45) is 0. The van der Waals surface area contributed by atoms with Crippen LogP contribution in [-0.2, 0) is 0 Å². The van der Waals surface area contributed by atoms with Crippen LogP contribution >= 0.6 is 0 Å². The summed E-state index contributed by atoms with van der Waals surface area (Å²) in [5, 5.41) is 7.17. The number of hydrogen-bond acceptors (Lipinski definition) is 2. The summed E-state index contributed by atoms with van der Waals surface area (Å²) in [5.41, 5.74) is 7.42. The Bertz CT molecular complexity index is 2230. The Morgan fingerprint density at radius 2 is 0.727 bits per heavy atom. The molecule has 44 heavy (non-hydrogen) atoms. The van der Waals surface area contributed by atoms with Crippen molar-refractivity contribution >= 4 is 78.5 Å². The normalized spacial score (nSPS) is 13.3. The lowest BCUT2D eigenvalue weighted by Crippen LogP contribution is -2.52. The summed E-state index contributed by atoms with van der Waals surface area (Å²) < 4.78 is 13.7. The number of ether oxygens (including phenoxy) is 2. The topological polar surface area (TPSA) is 18.5 Å². The predicted octanol–water partition coefficient (Wildman–Crippen LogP) is 5.83. The van der Waals surface area contributed by atoms with E-state index in [2.05, 4.69) is 146 Å². The Hall–Kier alpha value is -5.47. The van der Waals surface area contributed by atoms with E-state index in [1.807, 2.05) is 0 Å². The molecule has 0 radical (unpaired) electrons. The largest absolute Gasteiger partial charge is 0.457 e. The molecule has 0 atom stereocenters. The minimum absolute atomic E-state index is 0.0467. The number of hydrogen-bond donors (Lipinski definition) is 0. The van der Waals surface area contributed by atoms with Gasteiger partial charge in [-0.2, -0.15) is 0 Å². The quantitative estimate of drug-likeness (QED) is 0.197. The van der Waals surface area contributed by atoms with Crippen LogP contribution in [0.3, 0.4) is 0 Å². The highest BCUT2D eigenvalue weighted by Crippen LogP contribution is 2.45. The minimum Gasteiger partial charge on any atom is -0.457 e. The van der Waals surface area contributed by atoms with Gasteiger partial charge in [0.05, 0.1) is 0 Å². The number of rotatable bonds is 2. The van der Waals surface area contributed by atoms with E-state index in [9.17, 15) is 0 Å². The highest BCUT2D eigenvalue weighted by atomic mass is 16.5. The summed E-state index contributed by atoms with van der Waals surface area (Å²) in [6.45, 7) is 0.0934. The van der Waals surface area contributed by atoms with Crippen LogP contribution in [0.5, 0.6) is 23.0 Å². The zero-order valence-electron chi connectivity index (χ0n) is 23.8. The first-order chi connectivity index (χ1) is 21.8. The van der Waals surface area contributed by atoms with Gasteiger partial charge in [0.2, 0.25) is 13.4 Å². The van der Waals surface area contributed by atoms with Crippen LogP contribution in [0.2, 0.25) is 0 Å². The van der Waals surface area contributed by atoms with E-state index in [1.54, 1.807) is 0 Å². The summed E-state index contributed by atoms with van der Waals surface area (Å²) in [6, 6.07) is 52.3. The first-order valence-electron chi connectivity index (χ1n) is 15.3. The molecule has 8 aromatic rings. The molecule has 2 aliphatic rings. The number of fused-ring (bicyclic) bond motifs is 2. The van der Waals surface area contributed by atoms with Gasteiger partial charge in [0.15, 0.2) is 0 Å². The van der Waals surface area contributed by atoms with Gasteiger partial charge >= 0.3 is 0 Å². The lowest BCUT2D eigenvalue weighted by Gasteiger charge is -2.21. The van der Waals surface area contributed by atoms with Gasteiger partial charge in [-0.3, -0.25) is 0 Å². The van der Waals surface area contributed by atoms with Crippen LogP contribution < -0.4 is 42.3 Å². The van der Waals surface area contributed by atoms with Gasteiger partial charge < -0.3 is 9.47 Å². The maximum Gasteiger partial charge on any atom is 0.247 e. The van der Waals surface area contributed by atoms with Gasteiger partial charge in [-0.05, 0) is 46.0 Å². The third-order valence-electron chi connectivity index (χ3n) is 9.64. The average Bonchev–Trinajstić information content (AvgIpc) is 3.31. The van der Waals surface area contributed by atoms with E-state index in [0.717, 1.165) is 33.8 Å². The molecule has 8 aromatic carbocycles. The molecule has 0 aliphatic carbocycles. The van der Waals surface area contributed by atoms with E-state index >= 15 is 0 Å². The van der Waals surface area contributed by atoms with Crippen LogP contribution in [0, 0.1) is 0 Å². The van der Waals surface area contributed by atoms with Crippen molar-refractivity contribution in [3.8, 4) is 23.0 Å². The molecule has 2 aliphatic heterocycles. The van der Waals surface area contributed by atoms with Crippen molar-refractivity contribution in [1.82, 2.24) is 0 Å². The van der Waals surface area contributed by atoms with E-state index in [0.29, 0.717) is 0 Å². The average molecular weight is 558 g/mol. The molecule has 0 fully saturated rings. The van der Waals surface area contributed by atoms with E-state index in [4.69, 9.17) is 9.47 Å². The van der Waals surface area contributed by atoms with Crippen molar-refractivity contribution in [2.24, 2.45) is 0 Å². The SMILES string of the molecule is c1ccc(B2c3ccccc3Oc3cc4ccc5c6c(cc7ccc2c3c7c46)Oc2ccccc2B5c2ccccc2)cc1. The Balaban J connectivity index is 1.36. The second-order valence-corrected chi connectivity index (χ2v) is 12.0. The third-order valence-corrected chi connectivity index (χ3v) is 9.64. The summed E-state index contributed by atoms with van der Waals surface area (Å²) in [5.74, 6) is 3.63. The summed E-state index contributed by atoms with van der Waals surface area (Å²) in [7, 11) is 0. The Morgan fingerprint density at radius 1 is 0.318 bits per heavy atom. The van der Waals surface area contributed by atoms with Crippen molar-refractivity contribution in [2.75, 3.05) is 0 Å². The molecular formula is C40H24B2O2. The van der Waals surface area contributed by atoms with Crippen molar-refractivity contribution in [3.63, 3.8) is 0 Å². The Labute approximate surface area is 256 Å². The van der Waals surface area contributed by atoms with Crippen molar-refractivity contribution in [1.29, 1.82) is 0 Å². The molecule has 0 spiro atoms. The van der Waals surface area contributed by atoms with Gasteiger partial charge in [0.25, 0.3) is 0 Å². The summed E-state index contributed by atoms with van der Waals surface area (Å²) in [4.78, 5) is 0. The number of para-hydroxylation sites is 2.